The quantitative estimate of drug-likeness (QED) is 0.564. The Balaban J connectivity index is 2.83. The van der Waals surface area contributed by atoms with Gasteiger partial charge in [0.15, 0.2) is 0 Å². The van der Waals surface area contributed by atoms with Gasteiger partial charge in [0.2, 0.25) is 0 Å². The number of nitrogens with one attached hydrogen (secondary N) is 2. The average Bonchev–Trinajstić information content (AvgIpc) is 1.95. The number of hydrogen-bond acceptors (Lipinski definition) is 2. The summed E-state index contributed by atoms with van der Waals surface area (Å²) >= 11 is 0. The van der Waals surface area contributed by atoms with Gasteiger partial charge in [-0.05, 0) is 25.5 Å². The normalized spacial score (nSPS) is 18.1. The maximum Gasteiger partial charge on any atom is 0.0361 e. The zero-order chi connectivity index (χ0) is 7.56. The standard InChI is InChI=1S/C8H14N2/c1-6-7(2)10-5-4-8(6)9-3/h4,9-10H,5H2,1-3H3. The largest absolute Gasteiger partial charge is 0.388 e. The Morgan fingerprint density at radius 1 is 1.50 bits per heavy atom. The molecule has 0 atom stereocenters. The molecular weight excluding hydrogens is 124 g/mol. The molecule has 1 heterocycles. The predicted octanol–water partition coefficient (Wildman–Crippen LogP) is 0.987. The third-order valence-corrected chi connectivity index (χ3v) is 1.91. The molecule has 0 aromatic heterocycles. The minimum absolute atomic E-state index is 0.944. The fourth-order valence-corrected chi connectivity index (χ4v) is 1.08. The molecule has 0 unspecified atom stereocenters. The van der Waals surface area contributed by atoms with Crippen LogP contribution < -0.4 is 10.6 Å². The Kier molecular flexibility index (Phi) is 2.00. The van der Waals surface area contributed by atoms with Crippen LogP contribution in [0.1, 0.15) is 13.8 Å². The summed E-state index contributed by atoms with van der Waals surface area (Å²) in [7, 11) is 1.95. The molecule has 0 amide bonds. The number of dihydropyridines is 1. The Bertz CT molecular complexity index is 189. The highest BCUT2D eigenvalue weighted by Crippen LogP contribution is 2.12. The molecule has 0 aliphatic carbocycles. The maximum atomic E-state index is 3.26. The molecule has 0 spiro atoms. The van der Waals surface area contributed by atoms with Crippen LogP contribution in [0, 0.1) is 0 Å². The first-order valence-electron chi connectivity index (χ1n) is 3.55. The Morgan fingerprint density at radius 2 is 2.20 bits per heavy atom. The van der Waals surface area contributed by atoms with Crippen molar-refractivity contribution in [2.24, 2.45) is 0 Å². The summed E-state index contributed by atoms with van der Waals surface area (Å²) in [6, 6.07) is 0. The van der Waals surface area contributed by atoms with Crippen LogP contribution in [-0.4, -0.2) is 13.6 Å². The van der Waals surface area contributed by atoms with Gasteiger partial charge in [0, 0.05) is 25.0 Å². The fourth-order valence-electron chi connectivity index (χ4n) is 1.08. The molecule has 0 bridgehead atoms. The zero-order valence-electron chi connectivity index (χ0n) is 6.78. The molecule has 0 radical (unpaired) electrons. The zero-order valence-corrected chi connectivity index (χ0v) is 6.78. The van der Waals surface area contributed by atoms with Crippen molar-refractivity contribution in [1.29, 1.82) is 0 Å². The molecule has 56 valence electrons. The summed E-state index contributed by atoms with van der Waals surface area (Å²) < 4.78 is 0. The molecule has 1 rings (SSSR count). The van der Waals surface area contributed by atoms with E-state index in [4.69, 9.17) is 0 Å². The third kappa shape index (κ3) is 1.15. The second-order valence-electron chi connectivity index (χ2n) is 2.50. The highest BCUT2D eigenvalue weighted by Gasteiger charge is 2.05. The van der Waals surface area contributed by atoms with Gasteiger partial charge < -0.3 is 10.6 Å². The lowest BCUT2D eigenvalue weighted by atomic mass is 10.1. The van der Waals surface area contributed by atoms with Crippen LogP contribution in [0.25, 0.3) is 0 Å². The monoisotopic (exact) mass is 138 g/mol. The van der Waals surface area contributed by atoms with E-state index in [1.807, 2.05) is 7.05 Å². The van der Waals surface area contributed by atoms with Crippen LogP contribution in [0.3, 0.4) is 0 Å². The smallest absolute Gasteiger partial charge is 0.0361 e. The van der Waals surface area contributed by atoms with Gasteiger partial charge in [0.1, 0.15) is 0 Å². The highest BCUT2D eigenvalue weighted by atomic mass is 14.9. The first-order chi connectivity index (χ1) is 4.75. The van der Waals surface area contributed by atoms with E-state index in [1.165, 1.54) is 17.0 Å². The van der Waals surface area contributed by atoms with Gasteiger partial charge in [0.25, 0.3) is 0 Å². The second kappa shape index (κ2) is 2.78. The predicted molar refractivity (Wildman–Crippen MR) is 43.5 cm³/mol. The molecule has 2 heteroatoms. The first-order valence-corrected chi connectivity index (χ1v) is 3.55. The third-order valence-electron chi connectivity index (χ3n) is 1.91. The minimum Gasteiger partial charge on any atom is -0.388 e. The van der Waals surface area contributed by atoms with Gasteiger partial charge in [-0.2, -0.15) is 0 Å². The molecule has 2 nitrogen and oxygen atoms in total. The van der Waals surface area contributed by atoms with E-state index in [9.17, 15) is 0 Å². The van der Waals surface area contributed by atoms with Crippen LogP contribution in [0.15, 0.2) is 23.0 Å². The molecule has 0 aromatic rings. The van der Waals surface area contributed by atoms with E-state index < -0.39 is 0 Å². The van der Waals surface area contributed by atoms with Crippen molar-refractivity contribution in [3.63, 3.8) is 0 Å². The first kappa shape index (κ1) is 7.19. The summed E-state index contributed by atoms with van der Waals surface area (Å²) in [5.41, 5.74) is 3.83. The molecule has 10 heavy (non-hydrogen) atoms. The van der Waals surface area contributed by atoms with Crippen molar-refractivity contribution in [3.8, 4) is 0 Å². The molecule has 0 fully saturated rings. The Hall–Kier alpha value is -0.920. The van der Waals surface area contributed by atoms with Crippen molar-refractivity contribution >= 4 is 0 Å². The number of rotatable bonds is 1. The van der Waals surface area contributed by atoms with Gasteiger partial charge in [-0.25, -0.2) is 0 Å². The van der Waals surface area contributed by atoms with E-state index in [-0.39, 0.29) is 0 Å². The second-order valence-corrected chi connectivity index (χ2v) is 2.50. The van der Waals surface area contributed by atoms with Gasteiger partial charge >= 0.3 is 0 Å². The molecule has 0 aromatic carbocycles. The topological polar surface area (TPSA) is 24.1 Å². The number of hydrogen-bond donors (Lipinski definition) is 2. The molecule has 0 saturated heterocycles. The summed E-state index contributed by atoms with van der Waals surface area (Å²) in [6.07, 6.45) is 2.16. The lowest BCUT2D eigenvalue weighted by Crippen LogP contribution is -2.22. The number of allylic oxidation sites excluding steroid dienone is 2. The van der Waals surface area contributed by atoms with Crippen LogP contribution in [0.4, 0.5) is 0 Å². The maximum absolute atomic E-state index is 3.26. The van der Waals surface area contributed by atoms with Crippen LogP contribution in [0.5, 0.6) is 0 Å². The van der Waals surface area contributed by atoms with Gasteiger partial charge in [-0.1, -0.05) is 0 Å². The van der Waals surface area contributed by atoms with Gasteiger partial charge in [-0.3, -0.25) is 0 Å². The summed E-state index contributed by atoms with van der Waals surface area (Å²) in [6.45, 7) is 5.16. The van der Waals surface area contributed by atoms with Gasteiger partial charge in [0.05, 0.1) is 0 Å². The molecule has 2 N–H and O–H groups in total. The van der Waals surface area contributed by atoms with Crippen molar-refractivity contribution in [2.45, 2.75) is 13.8 Å². The van der Waals surface area contributed by atoms with Gasteiger partial charge in [-0.15, -0.1) is 0 Å². The minimum atomic E-state index is 0.944. The van der Waals surface area contributed by atoms with Crippen molar-refractivity contribution in [3.05, 3.63) is 23.0 Å². The van der Waals surface area contributed by atoms with E-state index in [0.717, 1.165) is 6.54 Å². The average molecular weight is 138 g/mol. The lowest BCUT2D eigenvalue weighted by molar-refractivity contribution is 0.824. The van der Waals surface area contributed by atoms with E-state index in [0.29, 0.717) is 0 Å². The molecule has 0 saturated carbocycles. The van der Waals surface area contributed by atoms with Crippen LogP contribution in [0.2, 0.25) is 0 Å². The van der Waals surface area contributed by atoms with Crippen molar-refractivity contribution < 1.29 is 0 Å². The summed E-state index contributed by atoms with van der Waals surface area (Å²) in [5.74, 6) is 0. The fraction of sp³-hybridized carbons (Fsp3) is 0.500. The number of likely N-dealkylation sites (N-methyl/N-ethyl adjacent to an activating group) is 1. The van der Waals surface area contributed by atoms with E-state index >= 15 is 0 Å². The van der Waals surface area contributed by atoms with E-state index in [1.54, 1.807) is 0 Å². The summed E-state index contributed by atoms with van der Waals surface area (Å²) in [4.78, 5) is 0. The van der Waals surface area contributed by atoms with Crippen LogP contribution in [-0.2, 0) is 0 Å². The van der Waals surface area contributed by atoms with Crippen molar-refractivity contribution in [2.75, 3.05) is 13.6 Å². The molecule has 1 aliphatic heterocycles. The van der Waals surface area contributed by atoms with Crippen LogP contribution >= 0.6 is 0 Å². The lowest BCUT2D eigenvalue weighted by Gasteiger charge is -2.17. The Labute approximate surface area is 62.0 Å². The molecular formula is C8H14N2. The van der Waals surface area contributed by atoms with E-state index in [2.05, 4.69) is 30.6 Å². The van der Waals surface area contributed by atoms with Crippen molar-refractivity contribution in [1.82, 2.24) is 10.6 Å². The Morgan fingerprint density at radius 3 is 2.70 bits per heavy atom. The highest BCUT2D eigenvalue weighted by molar-refractivity contribution is 5.34. The molecule has 1 aliphatic rings. The summed E-state index contributed by atoms with van der Waals surface area (Å²) in [5, 5.41) is 6.41. The SMILES string of the molecule is CNC1=CCNC(C)=C1C.